The molecule has 1 N–H and O–H groups in total. The summed E-state index contributed by atoms with van der Waals surface area (Å²) in [6.45, 7) is 4.70. The van der Waals surface area contributed by atoms with Gasteiger partial charge in [0.1, 0.15) is 0 Å². The van der Waals surface area contributed by atoms with Gasteiger partial charge in [0.05, 0.1) is 11.5 Å². The number of nitro groups is 1. The molecule has 21 heavy (non-hydrogen) atoms. The molecular weight excluding hydrogens is 270 g/mol. The number of hydrogen-bond donors (Lipinski definition) is 1. The molecular formula is C15H17N3O3. The Morgan fingerprint density at radius 1 is 1.33 bits per heavy atom. The van der Waals surface area contributed by atoms with Crippen molar-refractivity contribution in [2.45, 2.75) is 20.4 Å². The number of hydrogen-bond acceptors (Lipinski definition) is 5. The van der Waals surface area contributed by atoms with Gasteiger partial charge in [0.2, 0.25) is 0 Å². The highest BCUT2D eigenvalue weighted by Gasteiger charge is 2.15. The molecule has 2 rings (SSSR count). The molecule has 0 aliphatic heterocycles. The Hall–Kier alpha value is -2.63. The van der Waals surface area contributed by atoms with Crippen molar-refractivity contribution < 1.29 is 9.66 Å². The standard InChI is InChI=1S/C15H17N3O3/c1-3-21-15-8-13(6-7-14(15)18(19)20)17-10-12-5-4-11(2)16-9-12/h4-9,17H,3,10H2,1-2H3. The van der Waals surface area contributed by atoms with E-state index in [9.17, 15) is 10.1 Å². The quantitative estimate of drug-likeness (QED) is 0.651. The first-order valence-electron chi connectivity index (χ1n) is 6.66. The number of benzene rings is 1. The largest absolute Gasteiger partial charge is 0.487 e. The monoisotopic (exact) mass is 287 g/mol. The first-order chi connectivity index (χ1) is 10.1. The highest BCUT2D eigenvalue weighted by atomic mass is 16.6. The summed E-state index contributed by atoms with van der Waals surface area (Å²) in [4.78, 5) is 14.7. The van der Waals surface area contributed by atoms with Gasteiger partial charge >= 0.3 is 5.69 Å². The van der Waals surface area contributed by atoms with Gasteiger partial charge in [-0.2, -0.15) is 0 Å². The van der Waals surface area contributed by atoms with E-state index in [4.69, 9.17) is 4.74 Å². The normalized spacial score (nSPS) is 10.2. The molecule has 0 aliphatic carbocycles. The molecule has 0 unspecified atom stereocenters. The van der Waals surface area contributed by atoms with Crippen molar-refractivity contribution >= 4 is 11.4 Å². The number of nitro benzene ring substituents is 1. The number of aryl methyl sites for hydroxylation is 1. The molecule has 0 radical (unpaired) electrons. The Bertz CT molecular complexity index is 627. The number of nitrogens with one attached hydrogen (secondary N) is 1. The third-order valence-corrected chi connectivity index (χ3v) is 2.93. The van der Waals surface area contributed by atoms with Crippen LogP contribution in [0.15, 0.2) is 36.5 Å². The van der Waals surface area contributed by atoms with Gasteiger partial charge < -0.3 is 10.1 Å². The van der Waals surface area contributed by atoms with E-state index in [1.807, 2.05) is 19.1 Å². The van der Waals surface area contributed by atoms with E-state index in [1.165, 1.54) is 6.07 Å². The minimum absolute atomic E-state index is 0.0283. The zero-order valence-corrected chi connectivity index (χ0v) is 12.0. The van der Waals surface area contributed by atoms with Crippen molar-refractivity contribution in [3.05, 3.63) is 57.9 Å². The maximum atomic E-state index is 10.9. The highest BCUT2D eigenvalue weighted by Crippen LogP contribution is 2.30. The summed E-state index contributed by atoms with van der Waals surface area (Å²) in [5.74, 6) is 0.273. The van der Waals surface area contributed by atoms with Crippen LogP contribution in [0.1, 0.15) is 18.2 Å². The van der Waals surface area contributed by atoms with Crippen LogP contribution in [0.5, 0.6) is 5.75 Å². The van der Waals surface area contributed by atoms with E-state index in [1.54, 1.807) is 25.3 Å². The molecule has 0 aliphatic rings. The first kappa shape index (κ1) is 14.8. The van der Waals surface area contributed by atoms with Gasteiger partial charge in [-0.1, -0.05) is 6.07 Å². The molecule has 1 heterocycles. The number of anilines is 1. The minimum atomic E-state index is -0.446. The molecule has 2 aromatic rings. The molecule has 0 bridgehead atoms. The average Bonchev–Trinajstić information content (AvgIpc) is 2.47. The molecule has 1 aromatic heterocycles. The molecule has 0 saturated carbocycles. The topological polar surface area (TPSA) is 77.3 Å². The SMILES string of the molecule is CCOc1cc(NCc2ccc(C)nc2)ccc1[N+](=O)[O-]. The highest BCUT2D eigenvalue weighted by molar-refractivity contribution is 5.58. The van der Waals surface area contributed by atoms with Crippen molar-refractivity contribution in [2.24, 2.45) is 0 Å². The third kappa shape index (κ3) is 3.92. The van der Waals surface area contributed by atoms with Crippen LogP contribution in [-0.2, 0) is 6.54 Å². The van der Waals surface area contributed by atoms with Gasteiger partial charge in [-0.3, -0.25) is 15.1 Å². The van der Waals surface area contributed by atoms with Gasteiger partial charge in [-0.25, -0.2) is 0 Å². The number of pyridine rings is 1. The minimum Gasteiger partial charge on any atom is -0.487 e. The number of aromatic nitrogens is 1. The molecule has 0 saturated heterocycles. The van der Waals surface area contributed by atoms with Gasteiger partial charge in [0.25, 0.3) is 0 Å². The first-order valence-corrected chi connectivity index (χ1v) is 6.66. The number of nitrogens with zero attached hydrogens (tertiary/aromatic N) is 2. The maximum absolute atomic E-state index is 10.9. The second-order valence-corrected chi connectivity index (χ2v) is 4.53. The van der Waals surface area contributed by atoms with Crippen molar-refractivity contribution in [3.8, 4) is 5.75 Å². The van der Waals surface area contributed by atoms with Gasteiger partial charge in [0.15, 0.2) is 5.75 Å². The van der Waals surface area contributed by atoms with Crippen molar-refractivity contribution in [1.29, 1.82) is 0 Å². The predicted octanol–water partition coefficient (Wildman–Crippen LogP) is 3.31. The maximum Gasteiger partial charge on any atom is 0.311 e. The molecule has 0 fully saturated rings. The zero-order chi connectivity index (χ0) is 15.2. The van der Waals surface area contributed by atoms with Crippen molar-refractivity contribution in [1.82, 2.24) is 4.98 Å². The molecule has 1 aromatic carbocycles. The second kappa shape index (κ2) is 6.69. The van der Waals surface area contributed by atoms with Gasteiger partial charge in [-0.15, -0.1) is 0 Å². The van der Waals surface area contributed by atoms with E-state index < -0.39 is 4.92 Å². The predicted molar refractivity (Wildman–Crippen MR) is 80.6 cm³/mol. The summed E-state index contributed by atoms with van der Waals surface area (Å²) in [5.41, 5.74) is 2.74. The van der Waals surface area contributed by atoms with Crippen molar-refractivity contribution in [3.63, 3.8) is 0 Å². The lowest BCUT2D eigenvalue weighted by Gasteiger charge is -2.09. The van der Waals surface area contributed by atoms with Crippen LogP contribution in [0.2, 0.25) is 0 Å². The van der Waals surface area contributed by atoms with E-state index in [0.717, 1.165) is 16.9 Å². The smallest absolute Gasteiger partial charge is 0.311 e. The Morgan fingerprint density at radius 3 is 2.76 bits per heavy atom. The lowest BCUT2D eigenvalue weighted by molar-refractivity contribution is -0.385. The summed E-state index contributed by atoms with van der Waals surface area (Å²) in [6.07, 6.45) is 1.80. The Kier molecular flexibility index (Phi) is 4.71. The third-order valence-electron chi connectivity index (χ3n) is 2.93. The fourth-order valence-electron chi connectivity index (χ4n) is 1.85. The summed E-state index contributed by atoms with van der Waals surface area (Å²) in [6, 6.07) is 8.69. The summed E-state index contributed by atoms with van der Waals surface area (Å²) in [5, 5.41) is 14.1. The van der Waals surface area contributed by atoms with Crippen LogP contribution in [0.25, 0.3) is 0 Å². The second-order valence-electron chi connectivity index (χ2n) is 4.53. The lowest BCUT2D eigenvalue weighted by atomic mass is 10.2. The van der Waals surface area contributed by atoms with Gasteiger partial charge in [0, 0.05) is 36.3 Å². The van der Waals surface area contributed by atoms with Crippen LogP contribution in [0.3, 0.4) is 0 Å². The Labute approximate surface area is 122 Å². The van der Waals surface area contributed by atoms with Crippen LogP contribution >= 0.6 is 0 Å². The van der Waals surface area contributed by atoms with E-state index in [0.29, 0.717) is 13.2 Å². The molecule has 0 spiro atoms. The zero-order valence-electron chi connectivity index (χ0n) is 12.0. The lowest BCUT2D eigenvalue weighted by Crippen LogP contribution is -2.02. The number of ether oxygens (including phenoxy) is 1. The van der Waals surface area contributed by atoms with Crippen LogP contribution < -0.4 is 10.1 Å². The molecule has 6 nitrogen and oxygen atoms in total. The van der Waals surface area contributed by atoms with Crippen LogP contribution in [0, 0.1) is 17.0 Å². The Morgan fingerprint density at radius 2 is 2.14 bits per heavy atom. The Balaban J connectivity index is 2.11. The van der Waals surface area contributed by atoms with Crippen LogP contribution in [-0.4, -0.2) is 16.5 Å². The van der Waals surface area contributed by atoms with E-state index >= 15 is 0 Å². The molecule has 0 amide bonds. The van der Waals surface area contributed by atoms with Gasteiger partial charge in [-0.05, 0) is 31.5 Å². The number of rotatable bonds is 6. The fraction of sp³-hybridized carbons (Fsp3) is 0.267. The average molecular weight is 287 g/mol. The fourth-order valence-corrected chi connectivity index (χ4v) is 1.85. The summed E-state index contributed by atoms with van der Waals surface area (Å²) >= 11 is 0. The molecule has 6 heteroatoms. The molecule has 0 atom stereocenters. The van der Waals surface area contributed by atoms with Crippen molar-refractivity contribution in [2.75, 3.05) is 11.9 Å². The van der Waals surface area contributed by atoms with E-state index in [2.05, 4.69) is 10.3 Å². The summed E-state index contributed by atoms with van der Waals surface area (Å²) in [7, 11) is 0. The van der Waals surface area contributed by atoms with Crippen LogP contribution in [0.4, 0.5) is 11.4 Å². The summed E-state index contributed by atoms with van der Waals surface area (Å²) < 4.78 is 5.31. The van der Waals surface area contributed by atoms with E-state index in [-0.39, 0.29) is 11.4 Å². The molecule has 110 valence electrons.